The highest BCUT2D eigenvalue weighted by Gasteiger charge is 2.10. The van der Waals surface area contributed by atoms with Crippen molar-refractivity contribution in [3.63, 3.8) is 0 Å². The lowest BCUT2D eigenvalue weighted by molar-refractivity contribution is 0.112. The van der Waals surface area contributed by atoms with Crippen LogP contribution in [0, 0.1) is 0 Å². The van der Waals surface area contributed by atoms with Gasteiger partial charge in [0.05, 0.1) is 12.7 Å². The molecular weight excluding hydrogens is 216 g/mol. The molecule has 0 heterocycles. The molecule has 86 valence electrons. The van der Waals surface area contributed by atoms with Crippen molar-refractivity contribution in [1.82, 2.24) is 0 Å². The molecule has 0 unspecified atom stereocenters. The second kappa shape index (κ2) is 5.16. The van der Waals surface area contributed by atoms with E-state index in [-0.39, 0.29) is 0 Å². The zero-order chi connectivity index (χ0) is 12.1. The fourth-order valence-corrected chi connectivity index (χ4v) is 1.50. The maximum atomic E-state index is 11.0. The number of para-hydroxylation sites is 2. The SMILES string of the molecule is COc1cccc(C=O)c1Oc1ccccc1. The van der Waals surface area contributed by atoms with Gasteiger partial charge >= 0.3 is 0 Å². The molecular formula is C14H12O3. The predicted octanol–water partition coefficient (Wildman–Crippen LogP) is 3.30. The zero-order valence-electron chi connectivity index (χ0n) is 9.42. The highest BCUT2D eigenvalue weighted by molar-refractivity contribution is 5.81. The molecule has 0 N–H and O–H groups in total. The van der Waals surface area contributed by atoms with Gasteiger partial charge in [0.25, 0.3) is 0 Å². The van der Waals surface area contributed by atoms with Crippen molar-refractivity contribution in [3.8, 4) is 17.2 Å². The molecule has 2 aromatic rings. The first kappa shape index (κ1) is 11.2. The normalized spacial score (nSPS) is 9.71. The lowest BCUT2D eigenvalue weighted by Crippen LogP contribution is -1.94. The van der Waals surface area contributed by atoms with Crippen molar-refractivity contribution >= 4 is 6.29 Å². The molecule has 2 aromatic carbocycles. The number of methoxy groups -OCH3 is 1. The van der Waals surface area contributed by atoms with Gasteiger partial charge in [-0.15, -0.1) is 0 Å². The standard InChI is InChI=1S/C14H12O3/c1-16-13-9-5-6-11(10-15)14(13)17-12-7-3-2-4-8-12/h2-10H,1H3. The number of ether oxygens (including phenoxy) is 2. The van der Waals surface area contributed by atoms with Gasteiger partial charge in [0.2, 0.25) is 0 Å². The Morgan fingerprint density at radius 1 is 1.00 bits per heavy atom. The van der Waals surface area contributed by atoms with E-state index in [0.29, 0.717) is 22.8 Å². The zero-order valence-corrected chi connectivity index (χ0v) is 9.42. The molecule has 0 saturated carbocycles. The average Bonchev–Trinajstić information content (AvgIpc) is 2.40. The van der Waals surface area contributed by atoms with Gasteiger partial charge in [-0.25, -0.2) is 0 Å². The third kappa shape index (κ3) is 2.45. The lowest BCUT2D eigenvalue weighted by Gasteiger charge is -2.11. The summed E-state index contributed by atoms with van der Waals surface area (Å²) in [4.78, 5) is 11.0. The van der Waals surface area contributed by atoms with Crippen LogP contribution in [0.25, 0.3) is 0 Å². The fourth-order valence-electron chi connectivity index (χ4n) is 1.50. The molecule has 0 aromatic heterocycles. The Kier molecular flexibility index (Phi) is 3.40. The second-order valence-electron chi connectivity index (χ2n) is 3.41. The highest BCUT2D eigenvalue weighted by atomic mass is 16.5. The monoisotopic (exact) mass is 228 g/mol. The van der Waals surface area contributed by atoms with Crippen molar-refractivity contribution in [2.24, 2.45) is 0 Å². The number of benzene rings is 2. The van der Waals surface area contributed by atoms with Crippen LogP contribution in [0.5, 0.6) is 17.2 Å². The van der Waals surface area contributed by atoms with Crippen LogP contribution in [0.1, 0.15) is 10.4 Å². The highest BCUT2D eigenvalue weighted by Crippen LogP contribution is 2.33. The van der Waals surface area contributed by atoms with E-state index in [4.69, 9.17) is 9.47 Å². The minimum absolute atomic E-state index is 0.441. The van der Waals surface area contributed by atoms with Crippen LogP contribution in [-0.2, 0) is 0 Å². The first-order valence-electron chi connectivity index (χ1n) is 5.20. The average molecular weight is 228 g/mol. The molecule has 2 rings (SSSR count). The van der Waals surface area contributed by atoms with E-state index in [1.54, 1.807) is 25.3 Å². The molecule has 17 heavy (non-hydrogen) atoms. The lowest BCUT2D eigenvalue weighted by atomic mass is 10.2. The molecule has 0 fully saturated rings. The quantitative estimate of drug-likeness (QED) is 0.753. The summed E-state index contributed by atoms with van der Waals surface area (Å²) in [5.74, 6) is 1.65. The van der Waals surface area contributed by atoms with Gasteiger partial charge in [0.15, 0.2) is 17.8 Å². The van der Waals surface area contributed by atoms with Gasteiger partial charge in [-0.1, -0.05) is 24.3 Å². The number of carbonyl (C=O) groups is 1. The van der Waals surface area contributed by atoms with Gasteiger partial charge < -0.3 is 9.47 Å². The van der Waals surface area contributed by atoms with E-state index in [9.17, 15) is 4.79 Å². The molecule has 3 heteroatoms. The summed E-state index contributed by atoms with van der Waals surface area (Å²) >= 11 is 0. The third-order valence-electron chi connectivity index (χ3n) is 2.32. The molecule has 0 aliphatic carbocycles. The number of carbonyl (C=O) groups excluding carboxylic acids is 1. The second-order valence-corrected chi connectivity index (χ2v) is 3.41. The van der Waals surface area contributed by atoms with Crippen molar-refractivity contribution in [2.75, 3.05) is 7.11 Å². The largest absolute Gasteiger partial charge is 0.493 e. The minimum Gasteiger partial charge on any atom is -0.493 e. The molecule has 0 aliphatic heterocycles. The van der Waals surface area contributed by atoms with E-state index < -0.39 is 0 Å². The maximum Gasteiger partial charge on any atom is 0.179 e. The fraction of sp³-hybridized carbons (Fsp3) is 0.0714. The van der Waals surface area contributed by atoms with Crippen LogP contribution >= 0.6 is 0 Å². The Morgan fingerprint density at radius 2 is 1.76 bits per heavy atom. The van der Waals surface area contributed by atoms with Gasteiger partial charge in [-0.05, 0) is 24.3 Å². The van der Waals surface area contributed by atoms with Gasteiger partial charge in [0.1, 0.15) is 5.75 Å². The summed E-state index contributed by atoms with van der Waals surface area (Å²) in [6.07, 6.45) is 0.751. The molecule has 0 aliphatic rings. The molecule has 0 spiro atoms. The number of aldehydes is 1. The van der Waals surface area contributed by atoms with Crippen molar-refractivity contribution in [1.29, 1.82) is 0 Å². The number of hydrogen-bond donors (Lipinski definition) is 0. The van der Waals surface area contributed by atoms with Crippen LogP contribution in [-0.4, -0.2) is 13.4 Å². The van der Waals surface area contributed by atoms with Crippen LogP contribution in [0.15, 0.2) is 48.5 Å². The smallest absolute Gasteiger partial charge is 0.179 e. The first-order valence-corrected chi connectivity index (χ1v) is 5.20. The molecule has 0 saturated heterocycles. The van der Waals surface area contributed by atoms with E-state index >= 15 is 0 Å². The molecule has 0 radical (unpaired) electrons. The molecule has 0 atom stereocenters. The summed E-state index contributed by atoms with van der Waals surface area (Å²) in [6.45, 7) is 0. The summed E-state index contributed by atoms with van der Waals surface area (Å²) in [5.41, 5.74) is 0.466. The summed E-state index contributed by atoms with van der Waals surface area (Å²) in [6, 6.07) is 14.5. The van der Waals surface area contributed by atoms with Gasteiger partial charge in [-0.3, -0.25) is 4.79 Å². The van der Waals surface area contributed by atoms with Crippen LogP contribution in [0.2, 0.25) is 0 Å². The van der Waals surface area contributed by atoms with Crippen LogP contribution < -0.4 is 9.47 Å². The Morgan fingerprint density at radius 3 is 2.41 bits per heavy atom. The van der Waals surface area contributed by atoms with Gasteiger partial charge in [-0.2, -0.15) is 0 Å². The van der Waals surface area contributed by atoms with Crippen molar-refractivity contribution < 1.29 is 14.3 Å². The Balaban J connectivity index is 2.40. The van der Waals surface area contributed by atoms with E-state index in [1.807, 2.05) is 30.3 Å². The van der Waals surface area contributed by atoms with Gasteiger partial charge in [0, 0.05) is 0 Å². The van der Waals surface area contributed by atoms with E-state index in [1.165, 1.54) is 0 Å². The summed E-state index contributed by atoms with van der Waals surface area (Å²) < 4.78 is 10.8. The molecule has 0 bridgehead atoms. The van der Waals surface area contributed by atoms with Crippen molar-refractivity contribution in [2.45, 2.75) is 0 Å². The number of hydrogen-bond acceptors (Lipinski definition) is 3. The molecule has 3 nitrogen and oxygen atoms in total. The summed E-state index contributed by atoms with van der Waals surface area (Å²) in [5, 5.41) is 0. The van der Waals surface area contributed by atoms with Crippen LogP contribution in [0.3, 0.4) is 0 Å². The maximum absolute atomic E-state index is 11.0. The Hall–Kier alpha value is -2.29. The third-order valence-corrected chi connectivity index (χ3v) is 2.32. The van der Waals surface area contributed by atoms with E-state index in [0.717, 1.165) is 6.29 Å². The molecule has 0 amide bonds. The minimum atomic E-state index is 0.441. The van der Waals surface area contributed by atoms with Crippen molar-refractivity contribution in [3.05, 3.63) is 54.1 Å². The van der Waals surface area contributed by atoms with E-state index in [2.05, 4.69) is 0 Å². The Bertz CT molecular complexity index is 506. The Labute approximate surface area is 99.6 Å². The summed E-state index contributed by atoms with van der Waals surface area (Å²) in [7, 11) is 1.54. The topological polar surface area (TPSA) is 35.5 Å². The van der Waals surface area contributed by atoms with Crippen LogP contribution in [0.4, 0.5) is 0 Å². The number of rotatable bonds is 4. The first-order chi connectivity index (χ1) is 8.35. The predicted molar refractivity (Wildman–Crippen MR) is 64.9 cm³/mol.